The second-order valence-electron chi connectivity index (χ2n) is 6.55. The lowest BCUT2D eigenvalue weighted by atomic mass is 10.1. The highest BCUT2D eigenvalue weighted by molar-refractivity contribution is 5.86. The van der Waals surface area contributed by atoms with Gasteiger partial charge < -0.3 is 9.47 Å². The largest absolute Gasteiger partial charge is 0.373 e. The Balaban J connectivity index is 1.54. The Morgan fingerprint density at radius 3 is 2.55 bits per heavy atom. The summed E-state index contributed by atoms with van der Waals surface area (Å²) >= 11 is 0. The molecule has 4 nitrogen and oxygen atoms in total. The van der Waals surface area contributed by atoms with Gasteiger partial charge in [-0.1, -0.05) is 30.3 Å². The zero-order valence-corrected chi connectivity index (χ0v) is 13.4. The molecule has 4 atom stereocenters. The quantitative estimate of drug-likeness (QED) is 0.856. The van der Waals surface area contributed by atoms with Gasteiger partial charge in [-0.05, 0) is 25.8 Å². The van der Waals surface area contributed by atoms with Gasteiger partial charge in [0.2, 0.25) is 0 Å². The number of benzene rings is 1. The van der Waals surface area contributed by atoms with Crippen molar-refractivity contribution >= 4 is 5.78 Å². The van der Waals surface area contributed by atoms with Crippen LogP contribution in [0.15, 0.2) is 30.3 Å². The molecule has 1 saturated heterocycles. The number of ketones is 1. The molecule has 1 aliphatic heterocycles. The van der Waals surface area contributed by atoms with Crippen molar-refractivity contribution in [2.75, 3.05) is 13.1 Å². The van der Waals surface area contributed by atoms with Crippen LogP contribution in [-0.2, 0) is 20.9 Å². The van der Waals surface area contributed by atoms with E-state index in [2.05, 4.69) is 30.9 Å². The number of morpholine rings is 1. The summed E-state index contributed by atoms with van der Waals surface area (Å²) < 4.78 is 11.7. The topological polar surface area (TPSA) is 38.8 Å². The molecule has 4 heteroatoms. The fourth-order valence-corrected chi connectivity index (χ4v) is 3.56. The van der Waals surface area contributed by atoms with E-state index in [9.17, 15) is 4.79 Å². The molecule has 0 unspecified atom stereocenters. The van der Waals surface area contributed by atoms with E-state index < -0.39 is 0 Å². The van der Waals surface area contributed by atoms with Crippen molar-refractivity contribution in [3.05, 3.63) is 35.9 Å². The Kier molecular flexibility index (Phi) is 4.91. The second-order valence-corrected chi connectivity index (χ2v) is 6.55. The summed E-state index contributed by atoms with van der Waals surface area (Å²) in [7, 11) is 0. The first-order valence-corrected chi connectivity index (χ1v) is 8.19. The minimum Gasteiger partial charge on any atom is -0.373 e. The van der Waals surface area contributed by atoms with Crippen molar-refractivity contribution < 1.29 is 14.3 Å². The first-order chi connectivity index (χ1) is 10.6. The van der Waals surface area contributed by atoms with Crippen LogP contribution < -0.4 is 0 Å². The normalized spacial score (nSPS) is 33.3. The molecule has 0 spiro atoms. The van der Waals surface area contributed by atoms with Crippen LogP contribution in [0.3, 0.4) is 0 Å². The highest BCUT2D eigenvalue weighted by atomic mass is 16.5. The maximum atomic E-state index is 12.3. The molecule has 0 bridgehead atoms. The number of hydrogen-bond acceptors (Lipinski definition) is 4. The predicted molar refractivity (Wildman–Crippen MR) is 84.6 cm³/mol. The molecule has 0 N–H and O–H groups in total. The van der Waals surface area contributed by atoms with E-state index in [1.54, 1.807) is 0 Å². The lowest BCUT2D eigenvalue weighted by molar-refractivity contribution is -0.127. The summed E-state index contributed by atoms with van der Waals surface area (Å²) in [5.74, 6) is 0.319. The molecule has 1 aromatic carbocycles. The SMILES string of the molecule is C[C@@H]1CN([C@H]2C[C@H](OCc3ccccc3)CC2=O)C[C@H](C)O1. The molecule has 2 aliphatic rings. The van der Waals surface area contributed by atoms with Crippen molar-refractivity contribution in [1.82, 2.24) is 4.90 Å². The molecule has 1 aromatic rings. The maximum Gasteiger partial charge on any atom is 0.152 e. The molecule has 120 valence electrons. The summed E-state index contributed by atoms with van der Waals surface area (Å²) in [5.41, 5.74) is 1.16. The fraction of sp³-hybridized carbons (Fsp3) is 0.611. The number of nitrogens with zero attached hydrogens (tertiary/aromatic N) is 1. The van der Waals surface area contributed by atoms with Gasteiger partial charge in [-0.15, -0.1) is 0 Å². The molecular weight excluding hydrogens is 278 g/mol. The van der Waals surface area contributed by atoms with E-state index in [4.69, 9.17) is 9.47 Å². The van der Waals surface area contributed by atoms with Crippen LogP contribution in [-0.4, -0.2) is 48.1 Å². The molecule has 22 heavy (non-hydrogen) atoms. The highest BCUT2D eigenvalue weighted by Crippen LogP contribution is 2.27. The maximum absolute atomic E-state index is 12.3. The van der Waals surface area contributed by atoms with E-state index in [1.807, 2.05) is 18.2 Å². The second kappa shape index (κ2) is 6.90. The summed E-state index contributed by atoms with van der Waals surface area (Å²) in [6, 6.07) is 10.1. The Morgan fingerprint density at radius 1 is 1.18 bits per heavy atom. The van der Waals surface area contributed by atoms with Crippen molar-refractivity contribution in [2.45, 2.75) is 57.6 Å². The van der Waals surface area contributed by atoms with Crippen LogP contribution in [0.25, 0.3) is 0 Å². The van der Waals surface area contributed by atoms with Gasteiger partial charge in [-0.2, -0.15) is 0 Å². The van der Waals surface area contributed by atoms with Gasteiger partial charge in [0.25, 0.3) is 0 Å². The van der Waals surface area contributed by atoms with Gasteiger partial charge in [-0.25, -0.2) is 0 Å². The van der Waals surface area contributed by atoms with Gasteiger partial charge in [-0.3, -0.25) is 9.69 Å². The van der Waals surface area contributed by atoms with Crippen LogP contribution in [0.4, 0.5) is 0 Å². The Bertz CT molecular complexity index is 494. The van der Waals surface area contributed by atoms with Crippen LogP contribution in [0.1, 0.15) is 32.3 Å². The van der Waals surface area contributed by atoms with Crippen molar-refractivity contribution in [1.29, 1.82) is 0 Å². The third kappa shape index (κ3) is 3.75. The minimum atomic E-state index is 0.00886. The van der Waals surface area contributed by atoms with E-state index in [0.29, 0.717) is 18.8 Å². The summed E-state index contributed by atoms with van der Waals surface area (Å²) in [6.07, 6.45) is 1.79. The van der Waals surface area contributed by atoms with E-state index >= 15 is 0 Å². The predicted octanol–water partition coefficient (Wildman–Crippen LogP) is 2.41. The zero-order valence-electron chi connectivity index (χ0n) is 13.4. The van der Waals surface area contributed by atoms with Gasteiger partial charge in [0.15, 0.2) is 5.78 Å². The number of Topliss-reactive ketones (excluding diaryl/α,β-unsaturated/α-hetero) is 1. The van der Waals surface area contributed by atoms with Crippen molar-refractivity contribution in [3.8, 4) is 0 Å². The monoisotopic (exact) mass is 303 g/mol. The molecular formula is C18H25NO3. The molecule has 3 rings (SSSR count). The molecule has 1 saturated carbocycles. The molecule has 2 fully saturated rings. The van der Waals surface area contributed by atoms with E-state index in [1.165, 1.54) is 0 Å². The van der Waals surface area contributed by atoms with Crippen LogP contribution in [0, 0.1) is 0 Å². The average molecular weight is 303 g/mol. The Labute approximate surface area is 132 Å². The first-order valence-electron chi connectivity index (χ1n) is 8.19. The third-order valence-corrected chi connectivity index (χ3v) is 4.50. The molecule has 0 radical (unpaired) electrons. The number of carbonyl (C=O) groups excluding carboxylic acids is 1. The lowest BCUT2D eigenvalue weighted by Crippen LogP contribution is -2.51. The van der Waals surface area contributed by atoms with Crippen LogP contribution in [0.5, 0.6) is 0 Å². The summed E-state index contributed by atoms with van der Waals surface area (Å²) in [5, 5.41) is 0. The average Bonchev–Trinajstić information content (AvgIpc) is 2.86. The zero-order chi connectivity index (χ0) is 15.5. The smallest absolute Gasteiger partial charge is 0.152 e. The number of rotatable bonds is 4. The summed E-state index contributed by atoms with van der Waals surface area (Å²) in [4.78, 5) is 14.6. The summed E-state index contributed by atoms with van der Waals surface area (Å²) in [6.45, 7) is 6.41. The molecule has 0 aromatic heterocycles. The number of ether oxygens (including phenoxy) is 2. The minimum absolute atomic E-state index is 0.00886. The molecule has 1 aliphatic carbocycles. The fourth-order valence-electron chi connectivity index (χ4n) is 3.56. The lowest BCUT2D eigenvalue weighted by Gasteiger charge is -2.38. The first kappa shape index (κ1) is 15.7. The molecule has 1 heterocycles. The van der Waals surface area contributed by atoms with Gasteiger partial charge in [0.1, 0.15) is 0 Å². The van der Waals surface area contributed by atoms with Crippen molar-refractivity contribution in [2.24, 2.45) is 0 Å². The van der Waals surface area contributed by atoms with E-state index in [-0.39, 0.29) is 24.4 Å². The highest BCUT2D eigenvalue weighted by Gasteiger charge is 2.39. The van der Waals surface area contributed by atoms with E-state index in [0.717, 1.165) is 25.1 Å². The third-order valence-electron chi connectivity index (χ3n) is 4.50. The molecule has 0 amide bonds. The Hall–Kier alpha value is -1.23. The Morgan fingerprint density at radius 2 is 1.86 bits per heavy atom. The van der Waals surface area contributed by atoms with Gasteiger partial charge >= 0.3 is 0 Å². The van der Waals surface area contributed by atoms with Gasteiger partial charge in [0, 0.05) is 19.5 Å². The van der Waals surface area contributed by atoms with Crippen molar-refractivity contribution in [3.63, 3.8) is 0 Å². The number of carbonyl (C=O) groups is 1. The number of hydrogen-bond donors (Lipinski definition) is 0. The van der Waals surface area contributed by atoms with Gasteiger partial charge in [0.05, 0.1) is 31.0 Å². The van der Waals surface area contributed by atoms with Crippen LogP contribution in [0.2, 0.25) is 0 Å². The van der Waals surface area contributed by atoms with Crippen LogP contribution >= 0.6 is 0 Å². The standard InChI is InChI=1S/C18H25NO3/c1-13-10-19(11-14(2)22-13)17-8-16(9-18(17)20)21-12-15-6-4-3-5-7-15/h3-7,13-14,16-17H,8-12H2,1-2H3/t13-,14+,16-,17-/m0/s1.